The molecular formula is C11H11N5O4S. The Morgan fingerprint density at radius 1 is 1.52 bits per heavy atom. The van der Waals surface area contributed by atoms with E-state index < -0.39 is 16.4 Å². The fraction of sp³-hybridized carbons (Fsp3) is 0.182. The summed E-state index contributed by atoms with van der Waals surface area (Å²) in [5, 5.41) is 40.4. The molecule has 1 aromatic carbocycles. The lowest BCUT2D eigenvalue weighted by Gasteiger charge is -2.02. The van der Waals surface area contributed by atoms with E-state index in [1.807, 2.05) is 6.92 Å². The largest absolute Gasteiger partial charge is 0.507 e. The maximum absolute atomic E-state index is 10.8. The van der Waals surface area contributed by atoms with Crippen molar-refractivity contribution < 1.29 is 15.1 Å². The van der Waals surface area contributed by atoms with Crippen molar-refractivity contribution in [2.45, 2.75) is 13.3 Å². The Morgan fingerprint density at radius 2 is 2.24 bits per heavy atom. The second-order valence-corrected chi connectivity index (χ2v) is 4.40. The highest BCUT2D eigenvalue weighted by molar-refractivity contribution is 7.71. The molecule has 3 N–H and O–H groups in total. The number of hydrogen-bond donors (Lipinski definition) is 3. The SMILES string of the molecule is CCc1n[nH]c(=S)n1/N=C/c1cc([N+](=O)[O-])c(O)cc1O. The summed E-state index contributed by atoms with van der Waals surface area (Å²) < 4.78 is 1.60. The smallest absolute Gasteiger partial charge is 0.311 e. The average Bonchev–Trinajstić information content (AvgIpc) is 2.78. The van der Waals surface area contributed by atoms with Gasteiger partial charge >= 0.3 is 5.69 Å². The minimum absolute atomic E-state index is 0.0738. The van der Waals surface area contributed by atoms with Crippen molar-refractivity contribution >= 4 is 24.1 Å². The monoisotopic (exact) mass is 309 g/mol. The van der Waals surface area contributed by atoms with Gasteiger partial charge in [-0.15, -0.1) is 0 Å². The molecule has 0 unspecified atom stereocenters. The molecule has 2 rings (SSSR count). The van der Waals surface area contributed by atoms with E-state index in [1.54, 1.807) is 0 Å². The van der Waals surface area contributed by atoms with Gasteiger partial charge in [-0.3, -0.25) is 15.2 Å². The molecule has 0 atom stereocenters. The third-order valence-corrected chi connectivity index (χ3v) is 2.93. The highest BCUT2D eigenvalue weighted by Gasteiger charge is 2.16. The van der Waals surface area contributed by atoms with Gasteiger partial charge in [0.1, 0.15) is 5.75 Å². The maximum Gasteiger partial charge on any atom is 0.311 e. The Balaban J connectivity index is 2.46. The van der Waals surface area contributed by atoms with Crippen LogP contribution < -0.4 is 0 Å². The van der Waals surface area contributed by atoms with E-state index in [9.17, 15) is 20.3 Å². The molecule has 1 aromatic heterocycles. The molecule has 0 saturated heterocycles. The topological polar surface area (TPSA) is 130 Å². The third-order valence-electron chi connectivity index (χ3n) is 2.67. The molecular weight excluding hydrogens is 298 g/mol. The minimum atomic E-state index is -0.757. The summed E-state index contributed by atoms with van der Waals surface area (Å²) in [6, 6.07) is 1.90. The lowest BCUT2D eigenvalue weighted by molar-refractivity contribution is -0.385. The summed E-state index contributed by atoms with van der Waals surface area (Å²) in [4.78, 5) is 10.00. The van der Waals surface area contributed by atoms with Crippen LogP contribution in [0.25, 0.3) is 0 Å². The number of nitro benzene ring substituents is 1. The lowest BCUT2D eigenvalue weighted by Crippen LogP contribution is -1.98. The van der Waals surface area contributed by atoms with Crippen molar-refractivity contribution in [1.29, 1.82) is 0 Å². The first kappa shape index (κ1) is 14.7. The summed E-state index contributed by atoms with van der Waals surface area (Å²) in [6.07, 6.45) is 1.78. The Labute approximate surface area is 123 Å². The van der Waals surface area contributed by atoms with Gasteiger partial charge in [0, 0.05) is 24.1 Å². The van der Waals surface area contributed by atoms with E-state index in [0.717, 1.165) is 12.1 Å². The molecule has 0 aliphatic rings. The second kappa shape index (κ2) is 5.71. The molecule has 0 aliphatic heterocycles. The Kier molecular flexibility index (Phi) is 3.98. The predicted octanol–water partition coefficient (Wildman–Crippen LogP) is 1.70. The number of H-pyrrole nitrogens is 1. The van der Waals surface area contributed by atoms with Gasteiger partial charge in [-0.25, -0.2) is 0 Å². The molecule has 9 nitrogen and oxygen atoms in total. The molecule has 0 bridgehead atoms. The fourth-order valence-corrected chi connectivity index (χ4v) is 1.82. The normalized spacial score (nSPS) is 11.1. The Hall–Kier alpha value is -2.75. The number of aromatic nitrogens is 3. The first-order valence-electron chi connectivity index (χ1n) is 5.85. The third kappa shape index (κ3) is 2.89. The second-order valence-electron chi connectivity index (χ2n) is 4.01. The van der Waals surface area contributed by atoms with Crippen molar-refractivity contribution in [3.8, 4) is 11.5 Å². The zero-order valence-corrected chi connectivity index (χ0v) is 11.7. The number of aromatic hydroxyl groups is 2. The van der Waals surface area contributed by atoms with Gasteiger partial charge in [0.15, 0.2) is 11.6 Å². The van der Waals surface area contributed by atoms with Crippen molar-refractivity contribution in [3.05, 3.63) is 38.4 Å². The fourth-order valence-electron chi connectivity index (χ4n) is 1.62. The van der Waals surface area contributed by atoms with Crippen LogP contribution in [-0.4, -0.2) is 36.2 Å². The minimum Gasteiger partial charge on any atom is -0.507 e. The number of nitro groups is 1. The van der Waals surface area contributed by atoms with E-state index in [0.29, 0.717) is 12.2 Å². The van der Waals surface area contributed by atoms with Gasteiger partial charge in [0.25, 0.3) is 0 Å². The number of rotatable bonds is 4. The molecule has 2 aromatic rings. The van der Waals surface area contributed by atoms with Crippen LogP contribution in [-0.2, 0) is 6.42 Å². The highest BCUT2D eigenvalue weighted by Crippen LogP contribution is 2.31. The van der Waals surface area contributed by atoms with Crippen LogP contribution in [0.15, 0.2) is 17.2 Å². The maximum atomic E-state index is 10.8. The van der Waals surface area contributed by atoms with Crippen molar-refractivity contribution in [2.24, 2.45) is 5.10 Å². The summed E-state index contributed by atoms with van der Waals surface area (Å²) in [5.41, 5.74) is -0.453. The molecule has 0 radical (unpaired) electrons. The van der Waals surface area contributed by atoms with Crippen LogP contribution in [0.2, 0.25) is 0 Å². The molecule has 10 heteroatoms. The van der Waals surface area contributed by atoms with Crippen LogP contribution in [0.3, 0.4) is 0 Å². The number of nitrogens with zero attached hydrogens (tertiary/aromatic N) is 4. The number of aromatic amines is 1. The lowest BCUT2D eigenvalue weighted by atomic mass is 10.2. The zero-order valence-electron chi connectivity index (χ0n) is 10.8. The molecule has 1 heterocycles. The molecule has 0 saturated carbocycles. The zero-order chi connectivity index (χ0) is 15.6. The van der Waals surface area contributed by atoms with E-state index in [2.05, 4.69) is 15.3 Å². The standard InChI is InChI=1S/C11H11N5O4S/c1-2-10-13-14-11(21)15(10)12-5-6-3-7(16(19)20)9(18)4-8(6)17/h3-5,17-18H,2H2,1H3,(H,14,21)/b12-5+. The summed E-state index contributed by atoms with van der Waals surface area (Å²) in [6.45, 7) is 1.86. The number of phenols is 2. The molecule has 0 spiro atoms. The quantitative estimate of drug-likeness (QED) is 0.341. The molecule has 110 valence electrons. The van der Waals surface area contributed by atoms with Crippen molar-refractivity contribution in [3.63, 3.8) is 0 Å². The molecule has 0 fully saturated rings. The van der Waals surface area contributed by atoms with Gasteiger partial charge in [-0.05, 0) is 12.2 Å². The van der Waals surface area contributed by atoms with Gasteiger partial charge in [-0.1, -0.05) is 6.92 Å². The van der Waals surface area contributed by atoms with Crippen LogP contribution in [0.4, 0.5) is 5.69 Å². The molecule has 21 heavy (non-hydrogen) atoms. The van der Waals surface area contributed by atoms with E-state index in [-0.39, 0.29) is 16.1 Å². The highest BCUT2D eigenvalue weighted by atomic mass is 32.1. The molecule has 0 aliphatic carbocycles. The van der Waals surface area contributed by atoms with Crippen molar-refractivity contribution in [1.82, 2.24) is 14.9 Å². The van der Waals surface area contributed by atoms with Gasteiger partial charge in [0.05, 0.1) is 11.1 Å². The van der Waals surface area contributed by atoms with Crippen molar-refractivity contribution in [2.75, 3.05) is 0 Å². The average molecular weight is 309 g/mol. The van der Waals surface area contributed by atoms with Crippen LogP contribution in [0.1, 0.15) is 18.3 Å². The van der Waals surface area contributed by atoms with Crippen LogP contribution in [0, 0.1) is 14.9 Å². The first-order valence-corrected chi connectivity index (χ1v) is 6.26. The van der Waals surface area contributed by atoms with Gasteiger partial charge in [-0.2, -0.15) is 14.9 Å². The number of phenolic OH excluding ortho intramolecular Hbond substituents is 2. The number of benzene rings is 1. The van der Waals surface area contributed by atoms with E-state index in [1.165, 1.54) is 10.9 Å². The first-order chi connectivity index (χ1) is 9.93. The molecule has 0 amide bonds. The number of hydrogen-bond acceptors (Lipinski definition) is 7. The van der Waals surface area contributed by atoms with Crippen LogP contribution >= 0.6 is 12.2 Å². The summed E-state index contributed by atoms with van der Waals surface area (Å²) in [7, 11) is 0. The summed E-state index contributed by atoms with van der Waals surface area (Å²) >= 11 is 5.00. The number of aryl methyl sites for hydroxylation is 1. The predicted molar refractivity (Wildman–Crippen MR) is 76.2 cm³/mol. The van der Waals surface area contributed by atoms with Gasteiger partial charge < -0.3 is 10.2 Å². The Morgan fingerprint density at radius 3 is 2.86 bits per heavy atom. The number of nitrogens with one attached hydrogen (secondary N) is 1. The van der Waals surface area contributed by atoms with E-state index >= 15 is 0 Å². The van der Waals surface area contributed by atoms with E-state index in [4.69, 9.17) is 12.2 Å². The summed E-state index contributed by atoms with van der Waals surface area (Å²) in [5.74, 6) is -0.386. The van der Waals surface area contributed by atoms with Gasteiger partial charge in [0.2, 0.25) is 4.77 Å². The Bertz CT molecular complexity index is 779. The van der Waals surface area contributed by atoms with Crippen LogP contribution in [0.5, 0.6) is 11.5 Å².